The SMILES string of the molecule is Cc1cccnc1CN1CCN(C)CC(C(=O)N(C)C)C1. The highest BCUT2D eigenvalue weighted by atomic mass is 16.2. The fourth-order valence-electron chi connectivity index (χ4n) is 2.80. The molecule has 0 saturated carbocycles. The van der Waals surface area contributed by atoms with E-state index in [2.05, 4.69) is 34.8 Å². The number of hydrogen-bond donors (Lipinski definition) is 0. The van der Waals surface area contributed by atoms with E-state index in [0.29, 0.717) is 0 Å². The molecule has 0 aromatic carbocycles. The van der Waals surface area contributed by atoms with E-state index < -0.39 is 0 Å². The van der Waals surface area contributed by atoms with Crippen LogP contribution < -0.4 is 0 Å². The van der Waals surface area contributed by atoms with Crippen molar-refractivity contribution >= 4 is 5.91 Å². The minimum absolute atomic E-state index is 0.0384. The van der Waals surface area contributed by atoms with Crippen molar-refractivity contribution in [2.24, 2.45) is 5.92 Å². The van der Waals surface area contributed by atoms with Crippen molar-refractivity contribution in [2.75, 3.05) is 47.3 Å². The van der Waals surface area contributed by atoms with Crippen LogP contribution in [-0.4, -0.2) is 72.9 Å². The van der Waals surface area contributed by atoms with E-state index in [0.717, 1.165) is 38.4 Å². The summed E-state index contributed by atoms with van der Waals surface area (Å²) in [5.41, 5.74) is 2.32. The Morgan fingerprint density at radius 2 is 2.14 bits per heavy atom. The molecule has 0 bridgehead atoms. The van der Waals surface area contributed by atoms with Crippen molar-refractivity contribution in [2.45, 2.75) is 13.5 Å². The molecule has 21 heavy (non-hydrogen) atoms. The summed E-state index contributed by atoms with van der Waals surface area (Å²) in [5.74, 6) is 0.253. The summed E-state index contributed by atoms with van der Waals surface area (Å²) >= 11 is 0. The molecule has 1 aromatic heterocycles. The number of likely N-dealkylation sites (N-methyl/N-ethyl adjacent to an activating group) is 1. The third kappa shape index (κ3) is 4.25. The predicted octanol–water partition coefficient (Wildman–Crippen LogP) is 0.842. The van der Waals surface area contributed by atoms with E-state index in [9.17, 15) is 4.79 Å². The highest BCUT2D eigenvalue weighted by Crippen LogP contribution is 2.14. The highest BCUT2D eigenvalue weighted by molar-refractivity contribution is 5.78. The average molecular weight is 290 g/mol. The Hall–Kier alpha value is -1.46. The molecule has 1 atom stereocenters. The number of hydrogen-bond acceptors (Lipinski definition) is 4. The first kappa shape index (κ1) is 15.9. The molecule has 0 spiro atoms. The molecule has 0 N–H and O–H groups in total. The molecular weight excluding hydrogens is 264 g/mol. The van der Waals surface area contributed by atoms with Gasteiger partial charge < -0.3 is 9.80 Å². The standard InChI is InChI=1S/C16H26N4O/c1-13-6-5-7-17-15(13)12-20-9-8-19(4)10-14(11-20)16(21)18(2)3/h5-7,14H,8-12H2,1-4H3. The topological polar surface area (TPSA) is 39.7 Å². The maximum atomic E-state index is 12.3. The van der Waals surface area contributed by atoms with Crippen LogP contribution in [0.2, 0.25) is 0 Å². The third-order valence-electron chi connectivity index (χ3n) is 4.09. The Morgan fingerprint density at radius 1 is 1.38 bits per heavy atom. The zero-order chi connectivity index (χ0) is 15.4. The third-order valence-corrected chi connectivity index (χ3v) is 4.09. The first-order valence-electron chi connectivity index (χ1n) is 7.50. The molecule has 1 aromatic rings. The van der Waals surface area contributed by atoms with Gasteiger partial charge in [-0.1, -0.05) is 6.07 Å². The van der Waals surface area contributed by atoms with Gasteiger partial charge >= 0.3 is 0 Å². The zero-order valence-corrected chi connectivity index (χ0v) is 13.5. The summed E-state index contributed by atoms with van der Waals surface area (Å²) < 4.78 is 0. The summed E-state index contributed by atoms with van der Waals surface area (Å²) in [7, 11) is 5.76. The van der Waals surface area contributed by atoms with Gasteiger partial charge in [0.15, 0.2) is 0 Å². The van der Waals surface area contributed by atoms with Crippen molar-refractivity contribution in [1.29, 1.82) is 0 Å². The molecular formula is C16H26N4O. The molecule has 1 fully saturated rings. The van der Waals surface area contributed by atoms with E-state index in [1.807, 2.05) is 26.4 Å². The van der Waals surface area contributed by atoms with Crippen LogP contribution in [0, 0.1) is 12.8 Å². The maximum Gasteiger partial charge on any atom is 0.227 e. The summed E-state index contributed by atoms with van der Waals surface area (Å²) in [5, 5.41) is 0. The van der Waals surface area contributed by atoms with Gasteiger partial charge in [-0.25, -0.2) is 0 Å². The maximum absolute atomic E-state index is 12.3. The second kappa shape index (κ2) is 7.00. The van der Waals surface area contributed by atoms with Crippen molar-refractivity contribution < 1.29 is 4.79 Å². The fourth-order valence-corrected chi connectivity index (χ4v) is 2.80. The van der Waals surface area contributed by atoms with Crippen LogP contribution in [0.15, 0.2) is 18.3 Å². The van der Waals surface area contributed by atoms with Gasteiger partial charge in [0, 0.05) is 53.0 Å². The predicted molar refractivity (Wildman–Crippen MR) is 83.9 cm³/mol. The molecule has 1 unspecified atom stereocenters. The lowest BCUT2D eigenvalue weighted by Crippen LogP contribution is -2.40. The minimum Gasteiger partial charge on any atom is -0.348 e. The highest BCUT2D eigenvalue weighted by Gasteiger charge is 2.27. The number of carbonyl (C=O) groups excluding carboxylic acids is 1. The molecule has 1 aliphatic heterocycles. The van der Waals surface area contributed by atoms with Gasteiger partial charge in [-0.05, 0) is 25.6 Å². The lowest BCUT2D eigenvalue weighted by atomic mass is 10.1. The average Bonchev–Trinajstić information content (AvgIpc) is 2.62. The first-order chi connectivity index (χ1) is 9.97. The number of aryl methyl sites for hydroxylation is 1. The molecule has 5 nitrogen and oxygen atoms in total. The van der Waals surface area contributed by atoms with Crippen molar-refractivity contribution in [3.63, 3.8) is 0 Å². The number of pyridine rings is 1. The van der Waals surface area contributed by atoms with Gasteiger partial charge in [0.25, 0.3) is 0 Å². The molecule has 2 rings (SSSR count). The van der Waals surface area contributed by atoms with E-state index in [4.69, 9.17) is 0 Å². The smallest absolute Gasteiger partial charge is 0.227 e. The fraction of sp³-hybridized carbons (Fsp3) is 0.625. The number of aromatic nitrogens is 1. The van der Waals surface area contributed by atoms with Crippen LogP contribution in [-0.2, 0) is 11.3 Å². The molecule has 2 heterocycles. The molecule has 1 saturated heterocycles. The van der Waals surface area contributed by atoms with E-state index in [1.54, 1.807) is 4.90 Å². The van der Waals surface area contributed by atoms with Gasteiger partial charge in [-0.2, -0.15) is 0 Å². The van der Waals surface area contributed by atoms with Crippen molar-refractivity contribution in [3.8, 4) is 0 Å². The number of amides is 1. The van der Waals surface area contributed by atoms with Gasteiger partial charge in [0.05, 0.1) is 11.6 Å². The molecule has 1 aliphatic rings. The molecule has 1 amide bonds. The van der Waals surface area contributed by atoms with Crippen molar-refractivity contribution in [3.05, 3.63) is 29.6 Å². The van der Waals surface area contributed by atoms with Gasteiger partial charge in [0.1, 0.15) is 0 Å². The normalized spacial score (nSPS) is 21.0. The van der Waals surface area contributed by atoms with Crippen LogP contribution in [0.5, 0.6) is 0 Å². The van der Waals surface area contributed by atoms with Crippen LogP contribution in [0.1, 0.15) is 11.3 Å². The number of nitrogens with zero attached hydrogens (tertiary/aromatic N) is 4. The Labute approximate surface area is 127 Å². The Morgan fingerprint density at radius 3 is 2.81 bits per heavy atom. The van der Waals surface area contributed by atoms with E-state index in [1.165, 1.54) is 5.56 Å². The Balaban J connectivity index is 2.09. The summed E-state index contributed by atoms with van der Waals surface area (Å²) in [6, 6.07) is 4.06. The monoisotopic (exact) mass is 290 g/mol. The van der Waals surface area contributed by atoms with E-state index in [-0.39, 0.29) is 11.8 Å². The second-order valence-electron chi connectivity index (χ2n) is 6.19. The van der Waals surface area contributed by atoms with E-state index >= 15 is 0 Å². The summed E-state index contributed by atoms with van der Waals surface area (Å²) in [6.07, 6.45) is 1.84. The molecule has 0 radical (unpaired) electrons. The lowest BCUT2D eigenvalue weighted by Gasteiger charge is -2.25. The quantitative estimate of drug-likeness (QED) is 0.827. The summed E-state index contributed by atoms with van der Waals surface area (Å²) in [6.45, 7) is 6.51. The largest absolute Gasteiger partial charge is 0.348 e. The minimum atomic E-state index is 0.0384. The van der Waals surface area contributed by atoms with Crippen LogP contribution in [0.4, 0.5) is 0 Å². The molecule has 116 valence electrons. The lowest BCUT2D eigenvalue weighted by molar-refractivity contribution is -0.133. The van der Waals surface area contributed by atoms with Gasteiger partial charge in [0.2, 0.25) is 5.91 Å². The number of carbonyl (C=O) groups is 1. The van der Waals surface area contributed by atoms with Gasteiger partial charge in [-0.3, -0.25) is 14.7 Å². The Kier molecular flexibility index (Phi) is 5.31. The number of rotatable bonds is 3. The molecule has 0 aliphatic carbocycles. The zero-order valence-electron chi connectivity index (χ0n) is 13.5. The second-order valence-corrected chi connectivity index (χ2v) is 6.19. The first-order valence-corrected chi connectivity index (χ1v) is 7.50. The van der Waals surface area contributed by atoms with Crippen LogP contribution in [0.3, 0.4) is 0 Å². The Bertz CT molecular complexity index is 489. The van der Waals surface area contributed by atoms with Crippen LogP contribution >= 0.6 is 0 Å². The summed E-state index contributed by atoms with van der Waals surface area (Å²) in [4.78, 5) is 23.1. The van der Waals surface area contributed by atoms with Crippen molar-refractivity contribution in [1.82, 2.24) is 19.7 Å². The van der Waals surface area contributed by atoms with Crippen LogP contribution in [0.25, 0.3) is 0 Å². The van der Waals surface area contributed by atoms with Gasteiger partial charge in [-0.15, -0.1) is 0 Å². The molecule has 5 heteroatoms.